The Bertz CT molecular complexity index is 564. The number of carbonyl (C=O) groups is 2. The van der Waals surface area contributed by atoms with Gasteiger partial charge in [0.05, 0.1) is 0 Å². The van der Waals surface area contributed by atoms with Gasteiger partial charge in [0, 0.05) is 12.5 Å². The highest BCUT2D eigenvalue weighted by Gasteiger charge is 2.22. The van der Waals surface area contributed by atoms with E-state index in [1.54, 1.807) is 12.1 Å². The minimum Gasteiger partial charge on any atom is -0.342 e. The molecule has 2 aromatic rings. The Labute approximate surface area is 112 Å². The van der Waals surface area contributed by atoms with Crippen LogP contribution < -0.4 is 5.32 Å². The lowest BCUT2D eigenvalue weighted by molar-refractivity contribution is -0.119. The van der Waals surface area contributed by atoms with Crippen LogP contribution in [0.5, 0.6) is 0 Å². The summed E-state index contributed by atoms with van der Waals surface area (Å²) in [6, 6.07) is 17.6. The lowest BCUT2D eigenvalue weighted by Crippen LogP contribution is -2.32. The molecule has 0 saturated heterocycles. The first kappa shape index (κ1) is 13.0. The number of nitrogens with one attached hydrogen (secondary N) is 1. The van der Waals surface area contributed by atoms with Crippen molar-refractivity contribution < 1.29 is 9.59 Å². The SMILES string of the molecule is CC(=O)N[C@@H](C(=O)c1ccccc1)c1ccccc1. The third-order valence-corrected chi connectivity index (χ3v) is 2.80. The minimum atomic E-state index is -0.638. The highest BCUT2D eigenvalue weighted by molar-refractivity contribution is 6.02. The van der Waals surface area contributed by atoms with Crippen molar-refractivity contribution in [3.63, 3.8) is 0 Å². The van der Waals surface area contributed by atoms with Crippen molar-refractivity contribution in [1.29, 1.82) is 0 Å². The van der Waals surface area contributed by atoms with Crippen LogP contribution in [0.1, 0.15) is 28.9 Å². The van der Waals surface area contributed by atoms with Crippen LogP contribution in [0.4, 0.5) is 0 Å². The van der Waals surface area contributed by atoms with E-state index in [2.05, 4.69) is 5.32 Å². The molecule has 1 amide bonds. The number of rotatable bonds is 4. The van der Waals surface area contributed by atoms with Crippen molar-refractivity contribution >= 4 is 11.7 Å². The summed E-state index contributed by atoms with van der Waals surface area (Å²) in [5.41, 5.74) is 1.37. The summed E-state index contributed by atoms with van der Waals surface area (Å²) in [6.07, 6.45) is 0. The van der Waals surface area contributed by atoms with E-state index in [-0.39, 0.29) is 11.7 Å². The average Bonchev–Trinajstić information content (AvgIpc) is 2.46. The number of benzene rings is 2. The molecular formula is C16H15NO2. The van der Waals surface area contributed by atoms with E-state index in [0.717, 1.165) is 5.56 Å². The summed E-state index contributed by atoms with van der Waals surface area (Å²) in [6.45, 7) is 1.41. The molecule has 19 heavy (non-hydrogen) atoms. The van der Waals surface area contributed by atoms with Gasteiger partial charge in [-0.2, -0.15) is 0 Å². The predicted octanol–water partition coefficient (Wildman–Crippen LogP) is 2.75. The maximum absolute atomic E-state index is 12.5. The fourth-order valence-corrected chi connectivity index (χ4v) is 1.92. The van der Waals surface area contributed by atoms with Crippen molar-refractivity contribution in [2.75, 3.05) is 0 Å². The van der Waals surface area contributed by atoms with Gasteiger partial charge in [0.15, 0.2) is 5.78 Å². The van der Waals surface area contributed by atoms with E-state index in [1.165, 1.54) is 6.92 Å². The van der Waals surface area contributed by atoms with Crippen LogP contribution in [0, 0.1) is 0 Å². The third-order valence-electron chi connectivity index (χ3n) is 2.80. The molecule has 1 atom stereocenters. The van der Waals surface area contributed by atoms with Gasteiger partial charge in [-0.25, -0.2) is 0 Å². The van der Waals surface area contributed by atoms with Gasteiger partial charge in [-0.15, -0.1) is 0 Å². The Kier molecular flexibility index (Phi) is 4.08. The first-order valence-corrected chi connectivity index (χ1v) is 6.10. The van der Waals surface area contributed by atoms with Gasteiger partial charge in [-0.1, -0.05) is 60.7 Å². The lowest BCUT2D eigenvalue weighted by Gasteiger charge is -2.17. The molecular weight excluding hydrogens is 238 g/mol. The standard InChI is InChI=1S/C16H15NO2/c1-12(18)17-15(13-8-4-2-5-9-13)16(19)14-10-6-3-7-11-14/h2-11,15H,1H3,(H,17,18)/t15-/m1/s1. The normalized spacial score (nSPS) is 11.6. The van der Waals surface area contributed by atoms with Crippen molar-refractivity contribution in [1.82, 2.24) is 5.32 Å². The molecule has 0 saturated carbocycles. The van der Waals surface area contributed by atoms with Gasteiger partial charge in [0.25, 0.3) is 0 Å². The quantitative estimate of drug-likeness (QED) is 0.852. The van der Waals surface area contributed by atoms with E-state index in [9.17, 15) is 9.59 Å². The van der Waals surface area contributed by atoms with E-state index < -0.39 is 6.04 Å². The number of carbonyl (C=O) groups excluding carboxylic acids is 2. The molecule has 0 fully saturated rings. The van der Waals surface area contributed by atoms with Crippen LogP contribution in [-0.4, -0.2) is 11.7 Å². The van der Waals surface area contributed by atoms with Crippen LogP contribution in [0.25, 0.3) is 0 Å². The second kappa shape index (κ2) is 5.96. The Hall–Kier alpha value is -2.42. The van der Waals surface area contributed by atoms with Gasteiger partial charge < -0.3 is 5.32 Å². The second-order valence-electron chi connectivity index (χ2n) is 4.27. The second-order valence-corrected chi connectivity index (χ2v) is 4.27. The van der Waals surface area contributed by atoms with Gasteiger partial charge in [-0.05, 0) is 5.56 Å². The minimum absolute atomic E-state index is 0.109. The first-order chi connectivity index (χ1) is 9.18. The molecule has 3 heteroatoms. The summed E-state index contributed by atoms with van der Waals surface area (Å²) in [5.74, 6) is -0.333. The number of Topliss-reactive ketones (excluding diaryl/α,β-unsaturated/α-hetero) is 1. The zero-order valence-electron chi connectivity index (χ0n) is 10.7. The van der Waals surface area contributed by atoms with Crippen molar-refractivity contribution in [2.24, 2.45) is 0 Å². The molecule has 0 aromatic heterocycles. The number of hydrogen-bond donors (Lipinski definition) is 1. The zero-order chi connectivity index (χ0) is 13.7. The first-order valence-electron chi connectivity index (χ1n) is 6.10. The Morgan fingerprint density at radius 2 is 1.42 bits per heavy atom. The van der Waals surface area contributed by atoms with Crippen LogP contribution in [0.3, 0.4) is 0 Å². The third kappa shape index (κ3) is 3.28. The van der Waals surface area contributed by atoms with Crippen LogP contribution in [0.2, 0.25) is 0 Å². The molecule has 0 aliphatic carbocycles. The van der Waals surface area contributed by atoms with Crippen molar-refractivity contribution in [3.8, 4) is 0 Å². The van der Waals surface area contributed by atoms with Gasteiger partial charge >= 0.3 is 0 Å². The maximum atomic E-state index is 12.5. The van der Waals surface area contributed by atoms with E-state index >= 15 is 0 Å². The lowest BCUT2D eigenvalue weighted by atomic mass is 9.97. The van der Waals surface area contributed by atoms with E-state index in [0.29, 0.717) is 5.56 Å². The monoisotopic (exact) mass is 253 g/mol. The molecule has 1 N–H and O–H groups in total. The summed E-state index contributed by atoms with van der Waals surface area (Å²) in [5, 5.41) is 2.71. The smallest absolute Gasteiger partial charge is 0.217 e. The maximum Gasteiger partial charge on any atom is 0.217 e. The molecule has 2 aromatic carbocycles. The molecule has 0 unspecified atom stereocenters. The van der Waals surface area contributed by atoms with E-state index in [1.807, 2.05) is 48.5 Å². The summed E-state index contributed by atoms with van der Waals surface area (Å²) >= 11 is 0. The van der Waals surface area contributed by atoms with Crippen molar-refractivity contribution in [3.05, 3.63) is 71.8 Å². The van der Waals surface area contributed by atoms with Crippen molar-refractivity contribution in [2.45, 2.75) is 13.0 Å². The molecule has 2 rings (SSSR count). The van der Waals surface area contributed by atoms with Gasteiger partial charge in [0.2, 0.25) is 5.91 Å². The fraction of sp³-hybridized carbons (Fsp3) is 0.125. The summed E-state index contributed by atoms with van der Waals surface area (Å²) in [4.78, 5) is 23.8. The highest BCUT2D eigenvalue weighted by atomic mass is 16.2. The Morgan fingerprint density at radius 1 is 0.895 bits per heavy atom. The predicted molar refractivity (Wildman–Crippen MR) is 73.8 cm³/mol. The molecule has 0 aliphatic rings. The Balaban J connectivity index is 2.33. The van der Waals surface area contributed by atoms with Gasteiger partial charge in [0.1, 0.15) is 6.04 Å². The number of hydrogen-bond acceptors (Lipinski definition) is 2. The zero-order valence-corrected chi connectivity index (χ0v) is 10.7. The summed E-state index contributed by atoms with van der Waals surface area (Å²) < 4.78 is 0. The molecule has 0 spiro atoms. The number of ketones is 1. The molecule has 96 valence electrons. The number of amides is 1. The highest BCUT2D eigenvalue weighted by Crippen LogP contribution is 2.18. The van der Waals surface area contributed by atoms with Gasteiger partial charge in [-0.3, -0.25) is 9.59 Å². The van der Waals surface area contributed by atoms with E-state index in [4.69, 9.17) is 0 Å². The van der Waals surface area contributed by atoms with Crippen LogP contribution in [-0.2, 0) is 4.79 Å². The topological polar surface area (TPSA) is 46.2 Å². The molecule has 0 heterocycles. The summed E-state index contributed by atoms with van der Waals surface area (Å²) in [7, 11) is 0. The largest absolute Gasteiger partial charge is 0.342 e. The fourth-order valence-electron chi connectivity index (χ4n) is 1.92. The molecule has 0 aliphatic heterocycles. The van der Waals surface area contributed by atoms with Crippen LogP contribution in [0.15, 0.2) is 60.7 Å². The Morgan fingerprint density at radius 3 is 1.95 bits per heavy atom. The average molecular weight is 253 g/mol. The molecule has 3 nitrogen and oxygen atoms in total. The molecule has 0 radical (unpaired) electrons. The molecule has 0 bridgehead atoms. The van der Waals surface area contributed by atoms with Crippen LogP contribution >= 0.6 is 0 Å².